The van der Waals surface area contributed by atoms with Gasteiger partial charge >= 0.3 is 0 Å². The van der Waals surface area contributed by atoms with Crippen molar-refractivity contribution in [2.75, 3.05) is 0 Å². The van der Waals surface area contributed by atoms with Crippen LogP contribution in [0.4, 0.5) is 0 Å². The first-order chi connectivity index (χ1) is 9.60. The molecule has 1 aromatic rings. The second-order valence-electron chi connectivity index (χ2n) is 5.38. The van der Waals surface area contributed by atoms with E-state index in [9.17, 15) is 0 Å². The lowest BCUT2D eigenvalue weighted by atomic mass is 9.95. The zero-order valence-electron chi connectivity index (χ0n) is 13.4. The Bertz CT molecular complexity index is 493. The molecule has 0 aromatic heterocycles. The largest absolute Gasteiger partial charge is 0.0912 e. The van der Waals surface area contributed by atoms with E-state index in [2.05, 4.69) is 70.1 Å². The van der Waals surface area contributed by atoms with Crippen molar-refractivity contribution < 1.29 is 0 Å². The molecule has 0 N–H and O–H groups in total. The third-order valence-corrected chi connectivity index (χ3v) is 4.41. The summed E-state index contributed by atoms with van der Waals surface area (Å²) in [6.45, 7) is 10.9. The molecule has 0 aliphatic heterocycles. The molecule has 0 spiro atoms. The van der Waals surface area contributed by atoms with Gasteiger partial charge in [-0.2, -0.15) is 0 Å². The smallest absolute Gasteiger partial charge is 0.0262 e. The summed E-state index contributed by atoms with van der Waals surface area (Å²) < 4.78 is 0. The Hall–Kier alpha value is -1.13. The van der Waals surface area contributed by atoms with E-state index in [1.54, 1.807) is 11.8 Å². The van der Waals surface area contributed by atoms with Crippen LogP contribution in [0.25, 0.3) is 4.91 Å². The van der Waals surface area contributed by atoms with Crippen LogP contribution in [-0.4, -0.2) is 0 Å². The summed E-state index contributed by atoms with van der Waals surface area (Å²) in [6, 6.07) is 9.02. The van der Waals surface area contributed by atoms with E-state index < -0.39 is 0 Å². The Kier molecular flexibility index (Phi) is 7.55. The lowest BCUT2D eigenvalue weighted by Crippen LogP contribution is -1.93. The molecular weight excluding hydrogens is 260 g/mol. The summed E-state index contributed by atoms with van der Waals surface area (Å²) in [5.74, 6) is 3.78. The molecule has 0 bridgehead atoms. The number of hydrogen-bond donors (Lipinski definition) is 0. The third kappa shape index (κ3) is 5.10. The lowest BCUT2D eigenvalue weighted by Gasteiger charge is -2.12. The first-order valence-corrected chi connectivity index (χ1v) is 8.34. The van der Waals surface area contributed by atoms with Crippen LogP contribution in [-0.2, 0) is 0 Å². The minimum atomic E-state index is 0.650. The van der Waals surface area contributed by atoms with Crippen LogP contribution >= 0.6 is 11.8 Å². The second-order valence-corrected chi connectivity index (χ2v) is 6.19. The topological polar surface area (TPSA) is 0 Å². The van der Waals surface area contributed by atoms with Crippen molar-refractivity contribution in [1.29, 1.82) is 0 Å². The maximum atomic E-state index is 3.18. The molecular formula is C19H26S. The zero-order valence-corrected chi connectivity index (χ0v) is 14.2. The molecule has 20 heavy (non-hydrogen) atoms. The summed E-state index contributed by atoms with van der Waals surface area (Å²) >= 11 is 1.65. The molecule has 0 fully saturated rings. The SMILES string of the molecule is CCC#CSC(=C(C)C)c1ccc(C(C)CCC)cc1. The summed E-state index contributed by atoms with van der Waals surface area (Å²) in [7, 11) is 0. The van der Waals surface area contributed by atoms with E-state index in [0.717, 1.165) is 6.42 Å². The highest BCUT2D eigenvalue weighted by Gasteiger charge is 2.07. The van der Waals surface area contributed by atoms with Gasteiger partial charge in [-0.15, -0.1) is 0 Å². The Morgan fingerprint density at radius 3 is 2.30 bits per heavy atom. The minimum absolute atomic E-state index is 0.650. The molecule has 1 atom stereocenters. The molecule has 108 valence electrons. The minimum Gasteiger partial charge on any atom is -0.0912 e. The molecule has 0 nitrogen and oxygen atoms in total. The van der Waals surface area contributed by atoms with E-state index in [1.807, 2.05) is 0 Å². The Labute approximate surface area is 129 Å². The van der Waals surface area contributed by atoms with E-state index in [4.69, 9.17) is 0 Å². The zero-order chi connectivity index (χ0) is 15.0. The fourth-order valence-electron chi connectivity index (χ4n) is 2.17. The molecule has 0 saturated heterocycles. The Morgan fingerprint density at radius 1 is 1.15 bits per heavy atom. The van der Waals surface area contributed by atoms with Crippen molar-refractivity contribution in [3.8, 4) is 11.2 Å². The number of rotatable bonds is 5. The van der Waals surface area contributed by atoms with Crippen LogP contribution < -0.4 is 0 Å². The lowest BCUT2D eigenvalue weighted by molar-refractivity contribution is 0.665. The van der Waals surface area contributed by atoms with Crippen molar-refractivity contribution in [3.05, 3.63) is 41.0 Å². The van der Waals surface area contributed by atoms with Crippen molar-refractivity contribution in [1.82, 2.24) is 0 Å². The quantitative estimate of drug-likeness (QED) is 0.561. The average molecular weight is 286 g/mol. The van der Waals surface area contributed by atoms with Crippen LogP contribution in [0.1, 0.15) is 70.9 Å². The number of thioether (sulfide) groups is 1. The molecule has 0 saturated carbocycles. The van der Waals surface area contributed by atoms with Crippen molar-refractivity contribution in [2.24, 2.45) is 0 Å². The average Bonchev–Trinajstić information content (AvgIpc) is 2.44. The van der Waals surface area contributed by atoms with E-state index in [0.29, 0.717) is 5.92 Å². The van der Waals surface area contributed by atoms with Gasteiger partial charge in [-0.1, -0.05) is 63.0 Å². The molecule has 0 aliphatic carbocycles. The number of benzene rings is 1. The molecule has 0 radical (unpaired) electrons. The van der Waals surface area contributed by atoms with Crippen molar-refractivity contribution in [2.45, 2.75) is 59.8 Å². The van der Waals surface area contributed by atoms with Gasteiger partial charge in [0.1, 0.15) is 0 Å². The monoisotopic (exact) mass is 286 g/mol. The van der Waals surface area contributed by atoms with Crippen LogP contribution in [0.15, 0.2) is 29.8 Å². The molecule has 1 unspecified atom stereocenters. The van der Waals surface area contributed by atoms with Gasteiger partial charge < -0.3 is 0 Å². The Morgan fingerprint density at radius 2 is 1.80 bits per heavy atom. The summed E-state index contributed by atoms with van der Waals surface area (Å²) in [6.07, 6.45) is 3.41. The van der Waals surface area contributed by atoms with Crippen LogP contribution in [0.2, 0.25) is 0 Å². The summed E-state index contributed by atoms with van der Waals surface area (Å²) in [4.78, 5) is 1.29. The van der Waals surface area contributed by atoms with E-state index >= 15 is 0 Å². The fourth-order valence-corrected chi connectivity index (χ4v) is 2.95. The first kappa shape index (κ1) is 16.9. The van der Waals surface area contributed by atoms with Crippen molar-refractivity contribution >= 4 is 16.7 Å². The van der Waals surface area contributed by atoms with Gasteiger partial charge in [0.15, 0.2) is 0 Å². The second kappa shape index (κ2) is 8.93. The predicted octanol–water partition coefficient (Wildman–Crippen LogP) is 6.45. The molecule has 1 heteroatoms. The van der Waals surface area contributed by atoms with E-state index in [1.165, 1.54) is 34.4 Å². The van der Waals surface area contributed by atoms with Gasteiger partial charge in [-0.05, 0) is 54.3 Å². The van der Waals surface area contributed by atoms with Crippen LogP contribution in [0, 0.1) is 11.2 Å². The van der Waals surface area contributed by atoms with Crippen LogP contribution in [0.3, 0.4) is 0 Å². The van der Waals surface area contributed by atoms with Gasteiger partial charge in [-0.25, -0.2) is 0 Å². The van der Waals surface area contributed by atoms with Gasteiger partial charge in [0.2, 0.25) is 0 Å². The van der Waals surface area contributed by atoms with E-state index in [-0.39, 0.29) is 0 Å². The van der Waals surface area contributed by atoms with Crippen LogP contribution in [0.5, 0.6) is 0 Å². The highest BCUT2D eigenvalue weighted by atomic mass is 32.2. The van der Waals surface area contributed by atoms with Gasteiger partial charge in [0, 0.05) is 11.3 Å². The predicted molar refractivity (Wildman–Crippen MR) is 93.7 cm³/mol. The molecule has 0 heterocycles. The normalized spacial score (nSPS) is 11.4. The fraction of sp³-hybridized carbons (Fsp3) is 0.474. The molecule has 1 aromatic carbocycles. The first-order valence-electron chi connectivity index (χ1n) is 7.52. The maximum Gasteiger partial charge on any atom is 0.0262 e. The van der Waals surface area contributed by atoms with Gasteiger partial charge in [-0.3, -0.25) is 0 Å². The van der Waals surface area contributed by atoms with Gasteiger partial charge in [0.05, 0.1) is 0 Å². The summed E-state index contributed by atoms with van der Waals surface area (Å²) in [5, 5.41) is 3.18. The molecule has 0 amide bonds. The Balaban J connectivity index is 2.92. The third-order valence-electron chi connectivity index (χ3n) is 3.32. The number of allylic oxidation sites excluding steroid dienone is 1. The van der Waals surface area contributed by atoms with Crippen molar-refractivity contribution in [3.63, 3.8) is 0 Å². The standard InChI is InChI=1S/C19H26S/c1-6-8-14-20-19(15(3)4)18-12-10-17(11-13-18)16(5)9-7-2/h10-13,16H,6-7,9H2,1-5H3. The highest BCUT2D eigenvalue weighted by Crippen LogP contribution is 2.31. The van der Waals surface area contributed by atoms with Gasteiger partial charge in [0.25, 0.3) is 0 Å². The molecule has 1 rings (SSSR count). The highest BCUT2D eigenvalue weighted by molar-refractivity contribution is 8.12. The molecule has 0 aliphatic rings. The number of hydrogen-bond acceptors (Lipinski definition) is 1. The maximum absolute atomic E-state index is 3.18. The summed E-state index contributed by atoms with van der Waals surface area (Å²) in [5.41, 5.74) is 4.05.